The van der Waals surface area contributed by atoms with Gasteiger partial charge < -0.3 is 9.64 Å². The van der Waals surface area contributed by atoms with Crippen LogP contribution in [-0.2, 0) is 4.74 Å². The molecular weight excluding hydrogens is 436 g/mol. The van der Waals surface area contributed by atoms with Crippen molar-refractivity contribution in [1.82, 2.24) is 29.5 Å². The van der Waals surface area contributed by atoms with Gasteiger partial charge >= 0.3 is 0 Å². The van der Waals surface area contributed by atoms with Crippen LogP contribution in [0.3, 0.4) is 0 Å². The molecule has 5 heterocycles. The monoisotopic (exact) mass is 466 g/mol. The van der Waals surface area contributed by atoms with Crippen LogP contribution in [-0.4, -0.2) is 80.9 Å². The first-order chi connectivity index (χ1) is 16.1. The summed E-state index contributed by atoms with van der Waals surface area (Å²) in [5, 5.41) is 6.59. The topological polar surface area (TPSA) is 76.4 Å². The van der Waals surface area contributed by atoms with E-state index in [9.17, 15) is 4.79 Å². The molecule has 0 spiro atoms. The van der Waals surface area contributed by atoms with E-state index in [-0.39, 0.29) is 11.8 Å². The van der Waals surface area contributed by atoms with Crippen LogP contribution in [0.5, 0.6) is 0 Å². The smallest absolute Gasteiger partial charge is 0.257 e. The van der Waals surface area contributed by atoms with Gasteiger partial charge in [0.15, 0.2) is 0 Å². The number of hydrogen-bond donors (Lipinski definition) is 0. The van der Waals surface area contributed by atoms with Crippen molar-refractivity contribution in [2.45, 2.75) is 38.6 Å². The van der Waals surface area contributed by atoms with Gasteiger partial charge in [0.05, 0.1) is 41.2 Å². The van der Waals surface area contributed by atoms with Gasteiger partial charge in [-0.25, -0.2) is 14.6 Å². The molecular formula is C24H30N6O2S. The lowest BCUT2D eigenvalue weighted by atomic mass is 10.0. The predicted molar refractivity (Wildman–Crippen MR) is 128 cm³/mol. The molecule has 2 aliphatic rings. The molecule has 2 fully saturated rings. The molecule has 9 heteroatoms. The summed E-state index contributed by atoms with van der Waals surface area (Å²) in [4.78, 5) is 28.3. The summed E-state index contributed by atoms with van der Waals surface area (Å²) in [7, 11) is 0. The molecule has 2 saturated heterocycles. The number of piperidine rings is 1. The molecule has 3 aromatic rings. The van der Waals surface area contributed by atoms with E-state index in [1.807, 2.05) is 28.5 Å². The van der Waals surface area contributed by atoms with E-state index in [1.54, 1.807) is 28.4 Å². The van der Waals surface area contributed by atoms with Gasteiger partial charge in [-0.3, -0.25) is 9.69 Å². The Balaban J connectivity index is 1.36. The van der Waals surface area contributed by atoms with E-state index in [4.69, 9.17) is 9.72 Å². The van der Waals surface area contributed by atoms with Crippen molar-refractivity contribution in [3.8, 4) is 16.5 Å². The van der Waals surface area contributed by atoms with Gasteiger partial charge in [0.2, 0.25) is 0 Å². The quantitative estimate of drug-likeness (QED) is 0.573. The minimum absolute atomic E-state index is 0.0554. The highest BCUT2D eigenvalue weighted by Gasteiger charge is 2.31. The fourth-order valence-electron chi connectivity index (χ4n) is 4.80. The lowest BCUT2D eigenvalue weighted by Crippen LogP contribution is -2.50. The number of carbonyl (C=O) groups excluding carboxylic acids is 1. The molecule has 3 aromatic heterocycles. The number of amides is 1. The second-order valence-corrected chi connectivity index (χ2v) is 9.85. The third-order valence-corrected chi connectivity index (χ3v) is 7.40. The molecule has 0 atom stereocenters. The molecule has 33 heavy (non-hydrogen) atoms. The van der Waals surface area contributed by atoms with Crippen LogP contribution < -0.4 is 0 Å². The van der Waals surface area contributed by atoms with Crippen LogP contribution in [0, 0.1) is 0 Å². The van der Waals surface area contributed by atoms with E-state index in [0.717, 1.165) is 68.5 Å². The standard InChI is InChI=1S/C24H30N6O2S/c1-17(2)22-19(23(31)29-9-6-18(7-10-29)28-11-13-32-14-12-28)16-26-30(22)24-25-8-5-20(27-24)21-4-3-15-33-21/h3-5,8,15-18H,6-7,9-14H2,1-2H3. The molecule has 0 saturated carbocycles. The second-order valence-electron chi connectivity index (χ2n) is 8.90. The average molecular weight is 467 g/mol. The molecule has 0 aromatic carbocycles. The van der Waals surface area contributed by atoms with Crippen molar-refractivity contribution in [3.63, 3.8) is 0 Å². The van der Waals surface area contributed by atoms with Gasteiger partial charge in [-0.15, -0.1) is 11.3 Å². The third-order valence-electron chi connectivity index (χ3n) is 6.50. The van der Waals surface area contributed by atoms with Gasteiger partial charge in [-0.1, -0.05) is 19.9 Å². The summed E-state index contributed by atoms with van der Waals surface area (Å²) in [6.45, 7) is 9.32. The molecule has 0 unspecified atom stereocenters. The van der Waals surface area contributed by atoms with Crippen molar-refractivity contribution in [2.75, 3.05) is 39.4 Å². The minimum atomic E-state index is 0.0554. The van der Waals surface area contributed by atoms with E-state index < -0.39 is 0 Å². The highest BCUT2D eigenvalue weighted by molar-refractivity contribution is 7.13. The van der Waals surface area contributed by atoms with Crippen molar-refractivity contribution in [2.24, 2.45) is 0 Å². The van der Waals surface area contributed by atoms with Crippen LogP contribution in [0.2, 0.25) is 0 Å². The van der Waals surface area contributed by atoms with Gasteiger partial charge in [0.25, 0.3) is 11.9 Å². The van der Waals surface area contributed by atoms with Gasteiger partial charge in [-0.05, 0) is 36.3 Å². The van der Waals surface area contributed by atoms with Crippen LogP contribution in [0.25, 0.3) is 16.5 Å². The highest BCUT2D eigenvalue weighted by Crippen LogP contribution is 2.27. The van der Waals surface area contributed by atoms with E-state index in [0.29, 0.717) is 17.6 Å². The van der Waals surface area contributed by atoms with Crippen LogP contribution in [0.4, 0.5) is 0 Å². The Morgan fingerprint density at radius 3 is 2.64 bits per heavy atom. The first-order valence-corrected chi connectivity index (χ1v) is 12.6. The molecule has 5 rings (SSSR count). The lowest BCUT2D eigenvalue weighted by Gasteiger charge is -2.40. The van der Waals surface area contributed by atoms with Crippen LogP contribution >= 0.6 is 11.3 Å². The van der Waals surface area contributed by atoms with Crippen molar-refractivity contribution in [1.29, 1.82) is 0 Å². The van der Waals surface area contributed by atoms with Crippen molar-refractivity contribution < 1.29 is 9.53 Å². The fraction of sp³-hybridized carbons (Fsp3) is 0.500. The number of morpholine rings is 1. The Bertz CT molecular complexity index is 1080. The molecule has 8 nitrogen and oxygen atoms in total. The highest BCUT2D eigenvalue weighted by atomic mass is 32.1. The predicted octanol–water partition coefficient (Wildman–Crippen LogP) is 3.45. The normalized spacial score (nSPS) is 18.2. The Morgan fingerprint density at radius 2 is 1.94 bits per heavy atom. The SMILES string of the molecule is CC(C)c1c(C(=O)N2CCC(N3CCOCC3)CC2)cnn1-c1nccc(-c2cccs2)n1. The molecule has 0 aliphatic carbocycles. The number of carbonyl (C=O) groups is 1. The van der Waals surface area contributed by atoms with Gasteiger partial charge in [0.1, 0.15) is 0 Å². The van der Waals surface area contributed by atoms with Crippen LogP contribution in [0.1, 0.15) is 48.7 Å². The Kier molecular flexibility index (Phi) is 6.52. The zero-order valence-electron chi connectivity index (χ0n) is 19.2. The molecule has 0 N–H and O–H groups in total. The van der Waals surface area contributed by atoms with E-state index in [1.165, 1.54) is 0 Å². The molecule has 0 radical (unpaired) electrons. The lowest BCUT2D eigenvalue weighted by molar-refractivity contribution is 0.00157. The summed E-state index contributed by atoms with van der Waals surface area (Å²) in [6, 6.07) is 6.49. The summed E-state index contributed by atoms with van der Waals surface area (Å²) < 4.78 is 7.22. The van der Waals surface area contributed by atoms with E-state index in [2.05, 4.69) is 28.8 Å². The maximum atomic E-state index is 13.5. The first kappa shape index (κ1) is 22.2. The van der Waals surface area contributed by atoms with Gasteiger partial charge in [-0.2, -0.15) is 5.10 Å². The van der Waals surface area contributed by atoms with E-state index >= 15 is 0 Å². The number of aromatic nitrogens is 4. The summed E-state index contributed by atoms with van der Waals surface area (Å²) >= 11 is 1.64. The number of likely N-dealkylation sites (tertiary alicyclic amines) is 1. The van der Waals surface area contributed by atoms with Gasteiger partial charge in [0, 0.05) is 38.4 Å². The molecule has 0 bridgehead atoms. The Morgan fingerprint density at radius 1 is 1.15 bits per heavy atom. The number of ether oxygens (including phenoxy) is 1. The Labute approximate surface area is 198 Å². The van der Waals surface area contributed by atoms with Crippen molar-refractivity contribution >= 4 is 17.2 Å². The fourth-order valence-corrected chi connectivity index (χ4v) is 5.49. The maximum Gasteiger partial charge on any atom is 0.257 e. The summed E-state index contributed by atoms with van der Waals surface area (Å²) in [6.07, 6.45) is 5.44. The zero-order valence-corrected chi connectivity index (χ0v) is 20.0. The number of thiophene rings is 1. The second kappa shape index (κ2) is 9.70. The molecule has 2 aliphatic heterocycles. The Hall–Kier alpha value is -2.62. The van der Waals surface area contributed by atoms with Crippen molar-refractivity contribution in [3.05, 3.63) is 47.2 Å². The molecule has 1 amide bonds. The minimum Gasteiger partial charge on any atom is -0.379 e. The zero-order chi connectivity index (χ0) is 22.8. The third kappa shape index (κ3) is 4.58. The number of rotatable bonds is 5. The largest absolute Gasteiger partial charge is 0.379 e. The van der Waals surface area contributed by atoms with Crippen LogP contribution in [0.15, 0.2) is 36.0 Å². The molecule has 174 valence electrons. The average Bonchev–Trinajstić information content (AvgIpc) is 3.55. The number of hydrogen-bond acceptors (Lipinski definition) is 7. The summed E-state index contributed by atoms with van der Waals surface area (Å²) in [5.41, 5.74) is 2.37. The maximum absolute atomic E-state index is 13.5. The number of nitrogens with zero attached hydrogens (tertiary/aromatic N) is 6. The summed E-state index contributed by atoms with van der Waals surface area (Å²) in [5.74, 6) is 0.654. The first-order valence-electron chi connectivity index (χ1n) is 11.7.